The fourth-order valence-electron chi connectivity index (χ4n) is 0.437. The summed E-state index contributed by atoms with van der Waals surface area (Å²) < 4.78 is 9.93. The van der Waals surface area contributed by atoms with Crippen LogP contribution >= 0.6 is 0 Å². The van der Waals surface area contributed by atoms with Crippen molar-refractivity contribution in [2.45, 2.75) is 13.3 Å². The summed E-state index contributed by atoms with van der Waals surface area (Å²) in [6.07, 6.45) is 2.49. The van der Waals surface area contributed by atoms with E-state index in [0.717, 1.165) is 13.0 Å². The third-order valence-electron chi connectivity index (χ3n) is 0.812. The van der Waals surface area contributed by atoms with Crippen LogP contribution in [-0.4, -0.2) is 19.8 Å². The highest BCUT2D eigenvalue weighted by atomic mass is 19.0. The number of halogens is 1. The van der Waals surface area contributed by atoms with E-state index in [9.17, 15) is 0 Å². The summed E-state index contributed by atoms with van der Waals surface area (Å²) in [5.74, 6) is 0. The molecule has 0 aromatic rings. The van der Waals surface area contributed by atoms with Crippen molar-refractivity contribution >= 4 is 0 Å². The molecule has 0 spiro atoms. The number of hydrogen-bond donors (Lipinski definition) is 0. The lowest BCUT2D eigenvalue weighted by molar-refractivity contribution is 0.0856. The van der Waals surface area contributed by atoms with E-state index in [1.54, 1.807) is 0 Å². The van der Waals surface area contributed by atoms with Gasteiger partial charge in [0.2, 0.25) is 0 Å². The van der Waals surface area contributed by atoms with E-state index in [1.165, 1.54) is 6.26 Å². The minimum absolute atomic E-state index is 0. The Hall–Kier alpha value is -0.570. The van der Waals surface area contributed by atoms with Crippen molar-refractivity contribution in [3.8, 4) is 0 Å². The van der Waals surface area contributed by atoms with E-state index >= 15 is 0 Å². The SMILES string of the molecule is C=COCCOCCC.F. The number of rotatable bonds is 6. The molecule has 0 aromatic heterocycles. The van der Waals surface area contributed by atoms with E-state index in [1.807, 2.05) is 0 Å². The second-order valence-electron chi connectivity index (χ2n) is 1.65. The van der Waals surface area contributed by atoms with Crippen LogP contribution in [0.3, 0.4) is 0 Å². The average molecular weight is 150 g/mol. The molecule has 0 aromatic carbocycles. The van der Waals surface area contributed by atoms with Gasteiger partial charge in [-0.05, 0) is 6.42 Å². The molecule has 0 saturated heterocycles. The van der Waals surface area contributed by atoms with Crippen molar-refractivity contribution in [3.05, 3.63) is 12.8 Å². The van der Waals surface area contributed by atoms with Gasteiger partial charge in [-0.25, -0.2) is 0 Å². The van der Waals surface area contributed by atoms with Crippen molar-refractivity contribution in [1.82, 2.24) is 0 Å². The third kappa shape index (κ3) is 10.4. The van der Waals surface area contributed by atoms with Crippen LogP contribution in [0, 0.1) is 0 Å². The smallest absolute Gasteiger partial charge is 0.111 e. The van der Waals surface area contributed by atoms with Gasteiger partial charge in [-0.3, -0.25) is 4.70 Å². The molecule has 0 atom stereocenters. The van der Waals surface area contributed by atoms with Crippen LogP contribution in [0.2, 0.25) is 0 Å². The zero-order valence-electron chi connectivity index (χ0n) is 6.34. The fraction of sp³-hybridized carbons (Fsp3) is 0.714. The molecule has 0 fully saturated rings. The quantitative estimate of drug-likeness (QED) is 0.424. The summed E-state index contributed by atoms with van der Waals surface area (Å²) in [5.41, 5.74) is 0. The van der Waals surface area contributed by atoms with Crippen LogP contribution in [0.25, 0.3) is 0 Å². The molecule has 3 heteroatoms. The normalized spacial score (nSPS) is 8.10. The molecule has 0 saturated carbocycles. The Labute approximate surface area is 61.2 Å². The lowest BCUT2D eigenvalue weighted by Crippen LogP contribution is -2.01. The molecule has 0 aliphatic heterocycles. The van der Waals surface area contributed by atoms with Crippen LogP contribution in [0.4, 0.5) is 4.70 Å². The first-order valence-electron chi connectivity index (χ1n) is 3.22. The van der Waals surface area contributed by atoms with Gasteiger partial charge in [0, 0.05) is 6.61 Å². The Kier molecular flexibility index (Phi) is 13.7. The Morgan fingerprint density at radius 2 is 2.00 bits per heavy atom. The highest BCUT2D eigenvalue weighted by Gasteiger charge is 1.82. The van der Waals surface area contributed by atoms with Gasteiger partial charge < -0.3 is 9.47 Å². The van der Waals surface area contributed by atoms with Gasteiger partial charge in [-0.2, -0.15) is 0 Å². The van der Waals surface area contributed by atoms with Gasteiger partial charge in [0.15, 0.2) is 0 Å². The Morgan fingerprint density at radius 3 is 2.50 bits per heavy atom. The standard InChI is InChI=1S/C7H14O2.FH/c1-3-5-9-7-6-8-4-2;/h4H,2-3,5-7H2,1H3;1H. The predicted octanol–water partition coefficient (Wildman–Crippen LogP) is 1.73. The second-order valence-corrected chi connectivity index (χ2v) is 1.65. The molecule has 0 aliphatic carbocycles. The molecule has 0 heterocycles. The summed E-state index contributed by atoms with van der Waals surface area (Å²) >= 11 is 0. The lowest BCUT2D eigenvalue weighted by atomic mass is 10.5. The van der Waals surface area contributed by atoms with Gasteiger partial charge in [0.25, 0.3) is 0 Å². The molecular weight excluding hydrogens is 135 g/mol. The largest absolute Gasteiger partial charge is 0.499 e. The topological polar surface area (TPSA) is 18.5 Å². The first kappa shape index (κ1) is 12.1. The van der Waals surface area contributed by atoms with Crippen molar-refractivity contribution < 1.29 is 14.2 Å². The summed E-state index contributed by atoms with van der Waals surface area (Å²) in [4.78, 5) is 0. The first-order chi connectivity index (χ1) is 4.41. The average Bonchev–Trinajstić information content (AvgIpc) is 1.89. The summed E-state index contributed by atoms with van der Waals surface area (Å²) in [7, 11) is 0. The minimum atomic E-state index is 0. The van der Waals surface area contributed by atoms with Crippen LogP contribution in [0.1, 0.15) is 13.3 Å². The Balaban J connectivity index is 0. The molecule has 0 unspecified atom stereocenters. The maximum atomic E-state index is 5.11. The lowest BCUT2D eigenvalue weighted by Gasteiger charge is -2.00. The molecule has 0 N–H and O–H groups in total. The third-order valence-corrected chi connectivity index (χ3v) is 0.812. The molecule has 10 heavy (non-hydrogen) atoms. The first-order valence-corrected chi connectivity index (χ1v) is 3.22. The van der Waals surface area contributed by atoms with E-state index < -0.39 is 0 Å². The van der Waals surface area contributed by atoms with E-state index in [2.05, 4.69) is 13.5 Å². The van der Waals surface area contributed by atoms with Gasteiger partial charge in [0.05, 0.1) is 12.9 Å². The number of ether oxygens (including phenoxy) is 2. The number of hydrogen-bond acceptors (Lipinski definition) is 2. The zero-order chi connectivity index (χ0) is 6.95. The van der Waals surface area contributed by atoms with Crippen LogP contribution in [0.5, 0.6) is 0 Å². The molecule has 0 radical (unpaired) electrons. The molecule has 0 bridgehead atoms. The second kappa shape index (κ2) is 11.3. The van der Waals surface area contributed by atoms with Crippen LogP contribution < -0.4 is 0 Å². The van der Waals surface area contributed by atoms with Crippen molar-refractivity contribution in [3.63, 3.8) is 0 Å². The fourth-order valence-corrected chi connectivity index (χ4v) is 0.437. The predicted molar refractivity (Wildman–Crippen MR) is 39.8 cm³/mol. The monoisotopic (exact) mass is 150 g/mol. The molecule has 0 aliphatic rings. The van der Waals surface area contributed by atoms with Crippen LogP contribution in [-0.2, 0) is 9.47 Å². The van der Waals surface area contributed by atoms with Gasteiger partial charge in [0.1, 0.15) is 6.61 Å². The maximum absolute atomic E-state index is 5.11. The van der Waals surface area contributed by atoms with E-state index in [0.29, 0.717) is 13.2 Å². The highest BCUT2D eigenvalue weighted by Crippen LogP contribution is 1.80. The van der Waals surface area contributed by atoms with E-state index in [-0.39, 0.29) is 4.70 Å². The van der Waals surface area contributed by atoms with Gasteiger partial charge in [-0.1, -0.05) is 13.5 Å². The Bertz CT molecular complexity index is 66.6. The van der Waals surface area contributed by atoms with Gasteiger partial charge in [-0.15, -0.1) is 0 Å². The van der Waals surface area contributed by atoms with Crippen molar-refractivity contribution in [1.29, 1.82) is 0 Å². The van der Waals surface area contributed by atoms with Crippen molar-refractivity contribution in [2.24, 2.45) is 0 Å². The maximum Gasteiger partial charge on any atom is 0.111 e. The summed E-state index contributed by atoms with van der Waals surface area (Å²) in [5, 5.41) is 0. The minimum Gasteiger partial charge on any atom is -0.499 e. The molecule has 62 valence electrons. The zero-order valence-corrected chi connectivity index (χ0v) is 6.34. The molecule has 0 rings (SSSR count). The molecular formula is C7H15FO2. The van der Waals surface area contributed by atoms with Crippen LogP contribution in [0.15, 0.2) is 12.8 Å². The summed E-state index contributed by atoms with van der Waals surface area (Å²) in [6, 6.07) is 0. The highest BCUT2D eigenvalue weighted by molar-refractivity contribution is 4.47. The molecule has 0 amide bonds. The molecule has 2 nitrogen and oxygen atoms in total. The summed E-state index contributed by atoms with van der Waals surface area (Å²) in [6.45, 7) is 7.58. The van der Waals surface area contributed by atoms with Gasteiger partial charge >= 0.3 is 0 Å². The van der Waals surface area contributed by atoms with E-state index in [4.69, 9.17) is 9.47 Å². The van der Waals surface area contributed by atoms with Crippen molar-refractivity contribution in [2.75, 3.05) is 19.8 Å². The Morgan fingerprint density at radius 1 is 1.30 bits per heavy atom.